The van der Waals surface area contributed by atoms with Crippen LogP contribution in [0.2, 0.25) is 0 Å². The minimum Gasteiger partial charge on any atom is -0.465 e. The van der Waals surface area contributed by atoms with Gasteiger partial charge < -0.3 is 10.1 Å². The van der Waals surface area contributed by atoms with E-state index in [0.29, 0.717) is 16.6 Å². The van der Waals surface area contributed by atoms with Crippen molar-refractivity contribution < 1.29 is 13.9 Å². The van der Waals surface area contributed by atoms with Crippen molar-refractivity contribution in [2.24, 2.45) is 0 Å². The number of ether oxygens (including phenoxy) is 1. The van der Waals surface area contributed by atoms with E-state index in [-0.39, 0.29) is 11.8 Å². The molecule has 20 heavy (non-hydrogen) atoms. The Morgan fingerprint density at radius 3 is 2.55 bits per heavy atom. The summed E-state index contributed by atoms with van der Waals surface area (Å²) in [5.74, 6) is -0.656. The molecule has 0 aliphatic heterocycles. The Kier molecular flexibility index (Phi) is 4.74. The maximum absolute atomic E-state index is 13.4. The number of anilines is 1. The van der Waals surface area contributed by atoms with E-state index in [1.165, 1.54) is 13.2 Å². The minimum absolute atomic E-state index is 0.287. The van der Waals surface area contributed by atoms with E-state index in [1.54, 1.807) is 30.3 Å². The number of nitrogens with one attached hydrogen (secondary N) is 1. The summed E-state index contributed by atoms with van der Waals surface area (Å²) in [4.78, 5) is 11.3. The molecule has 0 fully saturated rings. The lowest BCUT2D eigenvalue weighted by molar-refractivity contribution is 0.0601. The van der Waals surface area contributed by atoms with Crippen LogP contribution in [0.25, 0.3) is 0 Å². The van der Waals surface area contributed by atoms with E-state index < -0.39 is 0 Å². The highest BCUT2D eigenvalue weighted by Crippen LogP contribution is 2.17. The Labute approximate surface area is 124 Å². The molecule has 0 heterocycles. The molecule has 0 spiro atoms. The summed E-state index contributed by atoms with van der Waals surface area (Å²) >= 11 is 3.11. The fourth-order valence-electron chi connectivity index (χ4n) is 1.70. The van der Waals surface area contributed by atoms with Gasteiger partial charge in [-0.25, -0.2) is 9.18 Å². The molecule has 0 aliphatic carbocycles. The van der Waals surface area contributed by atoms with Gasteiger partial charge in [-0.3, -0.25) is 0 Å². The molecule has 0 saturated heterocycles. The molecule has 0 aliphatic rings. The Bertz CT molecular complexity index is 614. The van der Waals surface area contributed by atoms with Gasteiger partial charge >= 0.3 is 5.97 Å². The molecule has 0 bridgehead atoms. The summed E-state index contributed by atoms with van der Waals surface area (Å²) < 4.78 is 18.4. The summed E-state index contributed by atoms with van der Waals surface area (Å²) in [5.41, 5.74) is 2.18. The van der Waals surface area contributed by atoms with Gasteiger partial charge in [-0.1, -0.05) is 6.07 Å². The number of halogens is 2. The van der Waals surface area contributed by atoms with Gasteiger partial charge in [-0.2, -0.15) is 0 Å². The molecular formula is C15H13BrFNO2. The lowest BCUT2D eigenvalue weighted by Crippen LogP contribution is -2.03. The van der Waals surface area contributed by atoms with Crippen molar-refractivity contribution in [2.75, 3.05) is 12.4 Å². The van der Waals surface area contributed by atoms with Crippen LogP contribution < -0.4 is 5.32 Å². The minimum atomic E-state index is -0.369. The highest BCUT2D eigenvalue weighted by atomic mass is 79.9. The first-order valence-electron chi connectivity index (χ1n) is 5.96. The van der Waals surface area contributed by atoms with Crippen molar-refractivity contribution in [1.29, 1.82) is 0 Å². The van der Waals surface area contributed by atoms with Crippen LogP contribution in [0.15, 0.2) is 46.9 Å². The zero-order valence-electron chi connectivity index (χ0n) is 10.8. The molecule has 0 atom stereocenters. The van der Waals surface area contributed by atoms with Crippen molar-refractivity contribution in [3.05, 3.63) is 63.9 Å². The zero-order chi connectivity index (χ0) is 14.5. The number of hydrogen-bond acceptors (Lipinski definition) is 3. The Morgan fingerprint density at radius 2 is 1.95 bits per heavy atom. The van der Waals surface area contributed by atoms with Crippen LogP contribution in [0.4, 0.5) is 10.1 Å². The van der Waals surface area contributed by atoms with Gasteiger partial charge in [0.1, 0.15) is 5.82 Å². The Balaban J connectivity index is 2.00. The first-order valence-corrected chi connectivity index (χ1v) is 6.75. The zero-order valence-corrected chi connectivity index (χ0v) is 12.4. The summed E-state index contributed by atoms with van der Waals surface area (Å²) in [6, 6.07) is 11.9. The molecule has 5 heteroatoms. The van der Waals surface area contributed by atoms with Crippen LogP contribution in [0.5, 0.6) is 0 Å². The number of carbonyl (C=O) groups excluding carboxylic acids is 1. The summed E-state index contributed by atoms with van der Waals surface area (Å²) in [6.07, 6.45) is 0. The average Bonchev–Trinajstić information content (AvgIpc) is 2.48. The van der Waals surface area contributed by atoms with Gasteiger partial charge in [-0.15, -0.1) is 0 Å². The van der Waals surface area contributed by atoms with Crippen LogP contribution in [0, 0.1) is 5.82 Å². The number of benzene rings is 2. The molecule has 0 amide bonds. The molecule has 1 N–H and O–H groups in total. The third-order valence-electron chi connectivity index (χ3n) is 2.79. The molecule has 2 aromatic rings. The second-order valence-electron chi connectivity index (χ2n) is 4.17. The SMILES string of the molecule is COC(=O)c1ccc(NCc2ccc(Br)c(F)c2)cc1. The maximum Gasteiger partial charge on any atom is 0.337 e. The third kappa shape index (κ3) is 3.57. The van der Waals surface area contributed by atoms with Crippen molar-refractivity contribution in [3.63, 3.8) is 0 Å². The maximum atomic E-state index is 13.4. The second kappa shape index (κ2) is 6.52. The van der Waals surface area contributed by atoms with Crippen LogP contribution in [0.3, 0.4) is 0 Å². The van der Waals surface area contributed by atoms with Gasteiger partial charge in [0.2, 0.25) is 0 Å². The highest BCUT2D eigenvalue weighted by Gasteiger charge is 2.04. The molecular weight excluding hydrogens is 325 g/mol. The van der Waals surface area contributed by atoms with E-state index in [0.717, 1.165) is 11.3 Å². The van der Waals surface area contributed by atoms with Crippen molar-refractivity contribution in [1.82, 2.24) is 0 Å². The van der Waals surface area contributed by atoms with Crippen LogP contribution in [-0.4, -0.2) is 13.1 Å². The van der Waals surface area contributed by atoms with E-state index in [1.807, 2.05) is 6.07 Å². The number of methoxy groups -OCH3 is 1. The first-order chi connectivity index (χ1) is 9.60. The van der Waals surface area contributed by atoms with Crippen LogP contribution >= 0.6 is 15.9 Å². The lowest BCUT2D eigenvalue weighted by Gasteiger charge is -2.08. The van der Waals surface area contributed by atoms with Crippen LogP contribution in [0.1, 0.15) is 15.9 Å². The monoisotopic (exact) mass is 337 g/mol. The molecule has 0 radical (unpaired) electrons. The van der Waals surface area contributed by atoms with E-state index >= 15 is 0 Å². The Morgan fingerprint density at radius 1 is 1.25 bits per heavy atom. The van der Waals surface area contributed by atoms with E-state index in [9.17, 15) is 9.18 Å². The largest absolute Gasteiger partial charge is 0.465 e. The normalized spacial score (nSPS) is 10.2. The van der Waals surface area contributed by atoms with E-state index in [4.69, 9.17) is 0 Å². The molecule has 2 aromatic carbocycles. The molecule has 104 valence electrons. The summed E-state index contributed by atoms with van der Waals surface area (Å²) in [5, 5.41) is 3.16. The number of carbonyl (C=O) groups is 1. The van der Waals surface area contributed by atoms with Crippen LogP contribution in [-0.2, 0) is 11.3 Å². The standard InChI is InChI=1S/C15H13BrFNO2/c1-20-15(19)11-3-5-12(6-4-11)18-9-10-2-7-13(16)14(17)8-10/h2-8,18H,9H2,1H3. The molecule has 2 rings (SSSR count). The van der Waals surface area contributed by atoms with Gasteiger partial charge in [0.15, 0.2) is 0 Å². The molecule has 0 aromatic heterocycles. The Hall–Kier alpha value is -1.88. The number of esters is 1. The van der Waals surface area contributed by atoms with E-state index in [2.05, 4.69) is 26.0 Å². The van der Waals surface area contributed by atoms with Gasteiger partial charge in [0, 0.05) is 12.2 Å². The molecule has 3 nitrogen and oxygen atoms in total. The van der Waals surface area contributed by atoms with Crippen molar-refractivity contribution in [3.8, 4) is 0 Å². The number of hydrogen-bond donors (Lipinski definition) is 1. The quantitative estimate of drug-likeness (QED) is 0.857. The predicted octanol–water partition coefficient (Wildman–Crippen LogP) is 3.99. The summed E-state index contributed by atoms with van der Waals surface area (Å²) in [7, 11) is 1.34. The number of rotatable bonds is 4. The fourth-order valence-corrected chi connectivity index (χ4v) is 1.94. The second-order valence-corrected chi connectivity index (χ2v) is 5.03. The third-order valence-corrected chi connectivity index (χ3v) is 3.43. The van der Waals surface area contributed by atoms with Gasteiger partial charge in [-0.05, 0) is 57.9 Å². The van der Waals surface area contributed by atoms with Gasteiger partial charge in [0.25, 0.3) is 0 Å². The van der Waals surface area contributed by atoms with Gasteiger partial charge in [0.05, 0.1) is 17.1 Å². The fraction of sp³-hybridized carbons (Fsp3) is 0.133. The lowest BCUT2D eigenvalue weighted by atomic mass is 10.2. The smallest absolute Gasteiger partial charge is 0.337 e. The first kappa shape index (κ1) is 14.5. The van der Waals surface area contributed by atoms with Crippen molar-refractivity contribution >= 4 is 27.6 Å². The predicted molar refractivity (Wildman–Crippen MR) is 79.2 cm³/mol. The topological polar surface area (TPSA) is 38.3 Å². The van der Waals surface area contributed by atoms with Crippen molar-refractivity contribution in [2.45, 2.75) is 6.54 Å². The molecule has 0 unspecified atom stereocenters. The summed E-state index contributed by atoms with van der Waals surface area (Å²) in [6.45, 7) is 0.502. The highest BCUT2D eigenvalue weighted by molar-refractivity contribution is 9.10. The molecule has 0 saturated carbocycles. The average molecular weight is 338 g/mol.